The highest BCUT2D eigenvalue weighted by atomic mass is 16.4. The predicted molar refractivity (Wildman–Crippen MR) is 83.7 cm³/mol. The first kappa shape index (κ1) is 17.0. The van der Waals surface area contributed by atoms with Gasteiger partial charge in [0.25, 0.3) is 0 Å². The minimum Gasteiger partial charge on any atom is -0.481 e. The van der Waals surface area contributed by atoms with E-state index < -0.39 is 5.97 Å². The van der Waals surface area contributed by atoms with Crippen molar-refractivity contribution in [2.75, 3.05) is 25.0 Å². The fourth-order valence-corrected chi connectivity index (χ4v) is 2.09. The molecule has 0 aliphatic rings. The SMILES string of the molecule is CCCCN(C)C(=O)N(CCC(=O)O)c1ccccc1C. The first-order valence-electron chi connectivity index (χ1n) is 7.27. The zero-order valence-corrected chi connectivity index (χ0v) is 13.0. The Kier molecular flexibility index (Phi) is 6.72. The minimum atomic E-state index is -0.905. The van der Waals surface area contributed by atoms with Gasteiger partial charge in [0.15, 0.2) is 0 Å². The number of aliphatic carboxylic acids is 1. The molecular formula is C16H24N2O3. The van der Waals surface area contributed by atoms with E-state index in [2.05, 4.69) is 6.92 Å². The normalized spacial score (nSPS) is 10.2. The first-order chi connectivity index (χ1) is 9.97. The van der Waals surface area contributed by atoms with Crippen LogP contribution < -0.4 is 4.90 Å². The lowest BCUT2D eigenvalue weighted by Crippen LogP contribution is -2.43. The number of rotatable bonds is 7. The highest BCUT2D eigenvalue weighted by Gasteiger charge is 2.21. The summed E-state index contributed by atoms with van der Waals surface area (Å²) in [5, 5.41) is 8.89. The fraction of sp³-hybridized carbons (Fsp3) is 0.500. The highest BCUT2D eigenvalue weighted by molar-refractivity contribution is 5.93. The van der Waals surface area contributed by atoms with Crippen molar-refractivity contribution in [2.24, 2.45) is 0 Å². The van der Waals surface area contributed by atoms with E-state index in [1.165, 1.54) is 0 Å². The Hall–Kier alpha value is -2.04. The molecule has 116 valence electrons. The molecule has 0 saturated carbocycles. The second-order valence-electron chi connectivity index (χ2n) is 5.14. The number of anilines is 1. The quantitative estimate of drug-likeness (QED) is 0.840. The van der Waals surface area contributed by atoms with Crippen molar-refractivity contribution in [1.82, 2.24) is 4.90 Å². The second kappa shape index (κ2) is 8.29. The lowest BCUT2D eigenvalue weighted by atomic mass is 10.2. The zero-order chi connectivity index (χ0) is 15.8. The molecule has 0 aromatic heterocycles. The monoisotopic (exact) mass is 292 g/mol. The third kappa shape index (κ3) is 5.10. The van der Waals surface area contributed by atoms with E-state index in [0.29, 0.717) is 6.54 Å². The standard InChI is InChI=1S/C16H24N2O3/c1-4-5-11-17(3)16(21)18(12-10-15(19)20)14-9-7-6-8-13(14)2/h6-9H,4-5,10-12H2,1-3H3,(H,19,20). The van der Waals surface area contributed by atoms with Crippen molar-refractivity contribution < 1.29 is 14.7 Å². The number of carboxylic acid groups (broad SMARTS) is 1. The van der Waals surface area contributed by atoms with Gasteiger partial charge in [-0.05, 0) is 25.0 Å². The number of urea groups is 1. The molecule has 0 bridgehead atoms. The van der Waals surface area contributed by atoms with E-state index in [9.17, 15) is 9.59 Å². The molecule has 1 aromatic rings. The van der Waals surface area contributed by atoms with Crippen LogP contribution >= 0.6 is 0 Å². The fourth-order valence-electron chi connectivity index (χ4n) is 2.09. The summed E-state index contributed by atoms with van der Waals surface area (Å²) >= 11 is 0. The maximum atomic E-state index is 12.6. The number of unbranched alkanes of at least 4 members (excludes halogenated alkanes) is 1. The van der Waals surface area contributed by atoms with Crippen LogP contribution in [-0.4, -0.2) is 42.1 Å². The topological polar surface area (TPSA) is 60.9 Å². The summed E-state index contributed by atoms with van der Waals surface area (Å²) in [6, 6.07) is 7.37. The number of amides is 2. The summed E-state index contributed by atoms with van der Waals surface area (Å²) < 4.78 is 0. The molecule has 1 aromatic carbocycles. The van der Waals surface area contributed by atoms with E-state index in [0.717, 1.165) is 24.1 Å². The molecule has 21 heavy (non-hydrogen) atoms. The molecule has 0 aliphatic heterocycles. The molecule has 0 spiro atoms. The number of nitrogens with zero attached hydrogens (tertiary/aromatic N) is 2. The van der Waals surface area contributed by atoms with Gasteiger partial charge in [0.2, 0.25) is 0 Å². The van der Waals surface area contributed by atoms with Crippen LogP contribution in [-0.2, 0) is 4.79 Å². The van der Waals surface area contributed by atoms with Crippen LogP contribution in [0, 0.1) is 6.92 Å². The van der Waals surface area contributed by atoms with Gasteiger partial charge in [0, 0.05) is 25.8 Å². The molecule has 0 radical (unpaired) electrons. The molecule has 1 rings (SSSR count). The van der Waals surface area contributed by atoms with E-state index >= 15 is 0 Å². The Labute approximate surface area is 126 Å². The van der Waals surface area contributed by atoms with Gasteiger partial charge < -0.3 is 10.0 Å². The molecule has 5 heteroatoms. The Morgan fingerprint density at radius 3 is 2.43 bits per heavy atom. The lowest BCUT2D eigenvalue weighted by molar-refractivity contribution is -0.136. The van der Waals surface area contributed by atoms with Crippen molar-refractivity contribution in [1.29, 1.82) is 0 Å². The van der Waals surface area contributed by atoms with Crippen LogP contribution in [0.25, 0.3) is 0 Å². The molecule has 0 saturated heterocycles. The van der Waals surface area contributed by atoms with Gasteiger partial charge in [0.1, 0.15) is 0 Å². The number of hydrogen-bond acceptors (Lipinski definition) is 2. The van der Waals surface area contributed by atoms with Crippen molar-refractivity contribution in [3.05, 3.63) is 29.8 Å². The summed E-state index contributed by atoms with van der Waals surface area (Å²) in [5.41, 5.74) is 1.73. The molecule has 1 N–H and O–H groups in total. The molecule has 2 amide bonds. The van der Waals surface area contributed by atoms with Gasteiger partial charge in [-0.25, -0.2) is 4.79 Å². The van der Waals surface area contributed by atoms with Crippen LogP contribution in [0.2, 0.25) is 0 Å². The number of para-hydroxylation sites is 1. The molecule has 0 atom stereocenters. The maximum Gasteiger partial charge on any atom is 0.324 e. The molecule has 0 heterocycles. The second-order valence-corrected chi connectivity index (χ2v) is 5.14. The summed E-state index contributed by atoms with van der Waals surface area (Å²) in [7, 11) is 1.75. The Morgan fingerprint density at radius 2 is 1.86 bits per heavy atom. The average molecular weight is 292 g/mol. The number of carbonyl (C=O) groups is 2. The Balaban J connectivity index is 2.94. The molecule has 0 unspecified atom stereocenters. The van der Waals surface area contributed by atoms with Crippen LogP contribution in [0.4, 0.5) is 10.5 Å². The third-order valence-electron chi connectivity index (χ3n) is 3.36. The van der Waals surface area contributed by atoms with E-state index in [-0.39, 0.29) is 19.0 Å². The third-order valence-corrected chi connectivity index (χ3v) is 3.36. The zero-order valence-electron chi connectivity index (χ0n) is 13.0. The van der Waals surface area contributed by atoms with Crippen molar-refractivity contribution in [3.63, 3.8) is 0 Å². The van der Waals surface area contributed by atoms with E-state index in [1.807, 2.05) is 31.2 Å². The number of carboxylic acids is 1. The van der Waals surface area contributed by atoms with Gasteiger partial charge >= 0.3 is 12.0 Å². The molecule has 0 aliphatic carbocycles. The molecule has 0 fully saturated rings. The van der Waals surface area contributed by atoms with Crippen molar-refractivity contribution in [3.8, 4) is 0 Å². The molecular weight excluding hydrogens is 268 g/mol. The van der Waals surface area contributed by atoms with Gasteiger partial charge in [-0.15, -0.1) is 0 Å². The van der Waals surface area contributed by atoms with Gasteiger partial charge in [-0.2, -0.15) is 0 Å². The minimum absolute atomic E-state index is 0.0678. The van der Waals surface area contributed by atoms with Crippen molar-refractivity contribution >= 4 is 17.7 Å². The summed E-state index contributed by atoms with van der Waals surface area (Å²) in [6.07, 6.45) is 1.88. The van der Waals surface area contributed by atoms with E-state index in [1.54, 1.807) is 16.8 Å². The van der Waals surface area contributed by atoms with Crippen LogP contribution in [0.1, 0.15) is 31.7 Å². The van der Waals surface area contributed by atoms with Crippen LogP contribution in [0.15, 0.2) is 24.3 Å². The predicted octanol–water partition coefficient (Wildman–Crippen LogP) is 3.13. The number of carbonyl (C=O) groups excluding carboxylic acids is 1. The van der Waals surface area contributed by atoms with Gasteiger partial charge in [-0.3, -0.25) is 9.69 Å². The van der Waals surface area contributed by atoms with Gasteiger partial charge in [-0.1, -0.05) is 31.5 Å². The number of benzene rings is 1. The largest absolute Gasteiger partial charge is 0.481 e. The summed E-state index contributed by atoms with van der Waals surface area (Å²) in [6.45, 7) is 4.84. The van der Waals surface area contributed by atoms with Crippen LogP contribution in [0.3, 0.4) is 0 Å². The maximum absolute atomic E-state index is 12.6. The van der Waals surface area contributed by atoms with E-state index in [4.69, 9.17) is 5.11 Å². The van der Waals surface area contributed by atoms with Crippen molar-refractivity contribution in [2.45, 2.75) is 33.1 Å². The lowest BCUT2D eigenvalue weighted by Gasteiger charge is -2.29. The smallest absolute Gasteiger partial charge is 0.324 e. The first-order valence-corrected chi connectivity index (χ1v) is 7.27. The number of hydrogen-bond donors (Lipinski definition) is 1. The number of aryl methyl sites for hydroxylation is 1. The van der Waals surface area contributed by atoms with Crippen LogP contribution in [0.5, 0.6) is 0 Å². The average Bonchev–Trinajstić information content (AvgIpc) is 2.46. The summed E-state index contributed by atoms with van der Waals surface area (Å²) in [4.78, 5) is 26.6. The summed E-state index contributed by atoms with van der Waals surface area (Å²) in [5.74, 6) is -0.905. The van der Waals surface area contributed by atoms with Gasteiger partial charge in [0.05, 0.1) is 6.42 Å². The Bertz CT molecular complexity index is 488. The highest BCUT2D eigenvalue weighted by Crippen LogP contribution is 2.21. The Morgan fingerprint density at radius 1 is 1.19 bits per heavy atom. The molecule has 5 nitrogen and oxygen atoms in total.